The lowest BCUT2D eigenvalue weighted by Crippen LogP contribution is -2.48. The van der Waals surface area contributed by atoms with Gasteiger partial charge in [-0.05, 0) is 61.9 Å². The molecule has 2 aliphatic rings. The van der Waals surface area contributed by atoms with Gasteiger partial charge in [-0.15, -0.1) is 0 Å². The summed E-state index contributed by atoms with van der Waals surface area (Å²) in [6.45, 7) is 13.4. The number of nitrogens with two attached hydrogens (primary N) is 1. The van der Waals surface area contributed by atoms with Gasteiger partial charge in [-0.3, -0.25) is 0 Å². The number of piperidine rings is 1. The average molecular weight is 252 g/mol. The molecule has 2 heteroatoms. The Morgan fingerprint density at radius 2 is 1.72 bits per heavy atom. The SMILES string of the molecule is CC1CC(C)C(CN2CCC(C)(C)CC2)C(N)C1. The van der Waals surface area contributed by atoms with Gasteiger partial charge in [0.15, 0.2) is 0 Å². The van der Waals surface area contributed by atoms with Gasteiger partial charge >= 0.3 is 0 Å². The molecule has 0 aromatic rings. The first-order valence-corrected chi connectivity index (χ1v) is 7.85. The van der Waals surface area contributed by atoms with E-state index in [0.29, 0.717) is 11.5 Å². The summed E-state index contributed by atoms with van der Waals surface area (Å²) in [7, 11) is 0. The van der Waals surface area contributed by atoms with Crippen LogP contribution in [0.3, 0.4) is 0 Å². The maximum Gasteiger partial charge on any atom is 0.00844 e. The second-order valence-corrected chi connectivity index (χ2v) is 7.85. The summed E-state index contributed by atoms with van der Waals surface area (Å²) in [6, 6.07) is 0.429. The average Bonchev–Trinajstić information content (AvgIpc) is 2.25. The van der Waals surface area contributed by atoms with Gasteiger partial charge in [0.2, 0.25) is 0 Å². The molecule has 1 aliphatic carbocycles. The van der Waals surface area contributed by atoms with Crippen LogP contribution in [0, 0.1) is 23.2 Å². The molecular formula is C16H32N2. The monoisotopic (exact) mass is 252 g/mol. The molecule has 0 amide bonds. The van der Waals surface area contributed by atoms with Crippen molar-refractivity contribution in [3.05, 3.63) is 0 Å². The van der Waals surface area contributed by atoms with Crippen molar-refractivity contribution < 1.29 is 0 Å². The van der Waals surface area contributed by atoms with Gasteiger partial charge in [0.25, 0.3) is 0 Å². The standard InChI is InChI=1S/C16H32N2/c1-12-9-13(2)14(15(17)10-12)11-18-7-5-16(3,4)6-8-18/h12-15H,5-11,17H2,1-4H3. The minimum Gasteiger partial charge on any atom is -0.327 e. The first-order valence-electron chi connectivity index (χ1n) is 7.85. The summed E-state index contributed by atoms with van der Waals surface area (Å²) >= 11 is 0. The number of likely N-dealkylation sites (tertiary alicyclic amines) is 1. The lowest BCUT2D eigenvalue weighted by molar-refractivity contribution is 0.0753. The van der Waals surface area contributed by atoms with E-state index < -0.39 is 0 Å². The molecule has 2 fully saturated rings. The fourth-order valence-corrected chi connectivity index (χ4v) is 3.92. The third kappa shape index (κ3) is 3.48. The first-order chi connectivity index (χ1) is 8.37. The lowest BCUT2D eigenvalue weighted by Gasteiger charge is -2.43. The van der Waals surface area contributed by atoms with Crippen molar-refractivity contribution in [1.82, 2.24) is 4.90 Å². The van der Waals surface area contributed by atoms with Crippen LogP contribution in [0.25, 0.3) is 0 Å². The molecule has 4 atom stereocenters. The molecule has 1 aliphatic heterocycles. The van der Waals surface area contributed by atoms with Gasteiger partial charge in [-0.25, -0.2) is 0 Å². The molecule has 1 heterocycles. The molecule has 2 N–H and O–H groups in total. The van der Waals surface area contributed by atoms with Crippen LogP contribution in [-0.2, 0) is 0 Å². The van der Waals surface area contributed by atoms with E-state index in [-0.39, 0.29) is 0 Å². The smallest absolute Gasteiger partial charge is 0.00844 e. The summed E-state index contributed by atoms with van der Waals surface area (Å²) in [5.74, 6) is 2.35. The van der Waals surface area contributed by atoms with Gasteiger partial charge in [0.05, 0.1) is 0 Å². The third-order valence-electron chi connectivity index (χ3n) is 5.41. The summed E-state index contributed by atoms with van der Waals surface area (Å²) in [4.78, 5) is 2.67. The minimum atomic E-state index is 0.429. The highest BCUT2D eigenvalue weighted by Crippen LogP contribution is 2.35. The van der Waals surface area contributed by atoms with Crippen molar-refractivity contribution in [2.75, 3.05) is 19.6 Å². The molecule has 2 rings (SSSR count). The van der Waals surface area contributed by atoms with E-state index in [4.69, 9.17) is 5.73 Å². The van der Waals surface area contributed by atoms with Crippen LogP contribution in [0.4, 0.5) is 0 Å². The van der Waals surface area contributed by atoms with E-state index in [2.05, 4.69) is 32.6 Å². The van der Waals surface area contributed by atoms with Crippen molar-refractivity contribution in [2.45, 2.75) is 59.4 Å². The molecule has 0 aromatic carbocycles. The predicted molar refractivity (Wildman–Crippen MR) is 78.5 cm³/mol. The molecular weight excluding hydrogens is 220 g/mol. The van der Waals surface area contributed by atoms with E-state index in [1.807, 2.05) is 0 Å². The van der Waals surface area contributed by atoms with E-state index >= 15 is 0 Å². The lowest BCUT2D eigenvalue weighted by atomic mass is 9.72. The van der Waals surface area contributed by atoms with Crippen LogP contribution >= 0.6 is 0 Å². The summed E-state index contributed by atoms with van der Waals surface area (Å²) < 4.78 is 0. The highest BCUT2D eigenvalue weighted by atomic mass is 15.1. The Morgan fingerprint density at radius 3 is 2.28 bits per heavy atom. The van der Waals surface area contributed by atoms with Crippen LogP contribution in [0.15, 0.2) is 0 Å². The van der Waals surface area contributed by atoms with Crippen molar-refractivity contribution >= 4 is 0 Å². The van der Waals surface area contributed by atoms with Crippen molar-refractivity contribution in [2.24, 2.45) is 28.9 Å². The second kappa shape index (κ2) is 5.50. The maximum absolute atomic E-state index is 6.40. The zero-order chi connectivity index (χ0) is 13.3. The van der Waals surface area contributed by atoms with Gasteiger partial charge < -0.3 is 10.6 Å². The fraction of sp³-hybridized carbons (Fsp3) is 1.00. The highest BCUT2D eigenvalue weighted by molar-refractivity contribution is 4.89. The fourth-order valence-electron chi connectivity index (χ4n) is 3.92. The van der Waals surface area contributed by atoms with Gasteiger partial charge in [-0.2, -0.15) is 0 Å². The Kier molecular flexibility index (Phi) is 4.38. The van der Waals surface area contributed by atoms with Crippen LogP contribution in [-0.4, -0.2) is 30.6 Å². The Balaban J connectivity index is 1.86. The Morgan fingerprint density at radius 1 is 1.11 bits per heavy atom. The number of nitrogens with zero attached hydrogens (tertiary/aromatic N) is 1. The maximum atomic E-state index is 6.40. The van der Waals surface area contributed by atoms with Crippen LogP contribution < -0.4 is 5.73 Å². The van der Waals surface area contributed by atoms with Crippen molar-refractivity contribution in [1.29, 1.82) is 0 Å². The molecule has 1 saturated carbocycles. The molecule has 18 heavy (non-hydrogen) atoms. The van der Waals surface area contributed by atoms with Gasteiger partial charge in [-0.1, -0.05) is 27.7 Å². The molecule has 106 valence electrons. The summed E-state index contributed by atoms with van der Waals surface area (Å²) in [5, 5.41) is 0. The number of hydrogen-bond donors (Lipinski definition) is 1. The van der Waals surface area contributed by atoms with E-state index in [1.54, 1.807) is 0 Å². The normalized spacial score (nSPS) is 41.8. The molecule has 0 aromatic heterocycles. The number of hydrogen-bond acceptors (Lipinski definition) is 2. The predicted octanol–water partition coefficient (Wildman–Crippen LogP) is 3.12. The number of rotatable bonds is 2. The Hall–Kier alpha value is -0.0800. The molecule has 2 nitrogen and oxygen atoms in total. The summed E-state index contributed by atoms with van der Waals surface area (Å²) in [6.07, 6.45) is 5.30. The summed E-state index contributed by atoms with van der Waals surface area (Å²) in [5.41, 5.74) is 6.96. The van der Waals surface area contributed by atoms with E-state index in [1.165, 1.54) is 45.3 Å². The first kappa shape index (κ1) is 14.3. The zero-order valence-electron chi connectivity index (χ0n) is 12.8. The molecule has 0 bridgehead atoms. The largest absolute Gasteiger partial charge is 0.327 e. The molecule has 0 spiro atoms. The van der Waals surface area contributed by atoms with Crippen LogP contribution in [0.2, 0.25) is 0 Å². The molecule has 0 radical (unpaired) electrons. The topological polar surface area (TPSA) is 29.3 Å². The van der Waals surface area contributed by atoms with Crippen LogP contribution in [0.5, 0.6) is 0 Å². The molecule has 4 unspecified atom stereocenters. The van der Waals surface area contributed by atoms with Gasteiger partial charge in [0, 0.05) is 12.6 Å². The molecule has 1 saturated heterocycles. The van der Waals surface area contributed by atoms with E-state index in [0.717, 1.165) is 17.8 Å². The second-order valence-electron chi connectivity index (χ2n) is 7.85. The highest BCUT2D eigenvalue weighted by Gasteiger charge is 2.34. The van der Waals surface area contributed by atoms with Crippen molar-refractivity contribution in [3.8, 4) is 0 Å². The van der Waals surface area contributed by atoms with Crippen molar-refractivity contribution in [3.63, 3.8) is 0 Å². The van der Waals surface area contributed by atoms with Gasteiger partial charge in [0.1, 0.15) is 0 Å². The Labute approximate surface area is 113 Å². The third-order valence-corrected chi connectivity index (χ3v) is 5.41. The quantitative estimate of drug-likeness (QED) is 0.818. The Bertz CT molecular complexity index is 252. The zero-order valence-corrected chi connectivity index (χ0v) is 12.8. The minimum absolute atomic E-state index is 0.429. The van der Waals surface area contributed by atoms with E-state index in [9.17, 15) is 0 Å². The van der Waals surface area contributed by atoms with Crippen LogP contribution in [0.1, 0.15) is 53.4 Å².